The van der Waals surface area contributed by atoms with Crippen LogP contribution in [-0.2, 0) is 0 Å². The molecule has 0 saturated carbocycles. The molecule has 0 bridgehead atoms. The minimum Gasteiger partial charge on any atom is -0.506 e. The van der Waals surface area contributed by atoms with Gasteiger partial charge in [0.2, 0.25) is 0 Å². The number of carbonyl (C=O) groups excluding carboxylic acids is 1. The van der Waals surface area contributed by atoms with Gasteiger partial charge in [0.25, 0.3) is 5.91 Å². The Morgan fingerprint density at radius 3 is 2.65 bits per heavy atom. The summed E-state index contributed by atoms with van der Waals surface area (Å²) in [5.41, 5.74) is 0.758. The number of rotatable bonds is 6. The first-order valence-corrected chi connectivity index (χ1v) is 8.52. The normalized spacial score (nSPS) is 10.3. The van der Waals surface area contributed by atoms with Crippen LogP contribution in [0.4, 0.5) is 5.69 Å². The summed E-state index contributed by atoms with van der Waals surface area (Å²) in [4.78, 5) is 12.4. The molecule has 0 aromatic heterocycles. The zero-order valence-electron chi connectivity index (χ0n) is 14.9. The molecular weight excluding hydrogens is 352 g/mol. The van der Waals surface area contributed by atoms with Crippen molar-refractivity contribution in [3.8, 4) is 17.2 Å². The van der Waals surface area contributed by atoms with Crippen molar-refractivity contribution in [1.29, 1.82) is 0 Å². The number of benzene rings is 2. The Bertz CT molecular complexity index is 793. The van der Waals surface area contributed by atoms with E-state index in [1.165, 1.54) is 13.2 Å². The highest BCUT2D eigenvalue weighted by molar-refractivity contribution is 7.80. The van der Waals surface area contributed by atoms with E-state index in [4.69, 9.17) is 21.7 Å². The summed E-state index contributed by atoms with van der Waals surface area (Å²) in [5.74, 6) is 1.18. The van der Waals surface area contributed by atoms with Crippen molar-refractivity contribution in [2.24, 2.45) is 5.92 Å². The fourth-order valence-electron chi connectivity index (χ4n) is 2.06. The lowest BCUT2D eigenvalue weighted by Crippen LogP contribution is -2.34. The van der Waals surface area contributed by atoms with Crippen molar-refractivity contribution in [3.05, 3.63) is 48.0 Å². The smallest absolute Gasteiger partial charge is 0.257 e. The lowest BCUT2D eigenvalue weighted by Gasteiger charge is -2.13. The van der Waals surface area contributed by atoms with Crippen LogP contribution in [0.15, 0.2) is 42.5 Å². The molecule has 0 aliphatic rings. The lowest BCUT2D eigenvalue weighted by molar-refractivity contribution is 0.0977. The van der Waals surface area contributed by atoms with Gasteiger partial charge >= 0.3 is 0 Å². The summed E-state index contributed by atoms with van der Waals surface area (Å²) in [7, 11) is 1.52. The summed E-state index contributed by atoms with van der Waals surface area (Å²) in [6.07, 6.45) is 0. The third-order valence-electron chi connectivity index (χ3n) is 3.36. The second-order valence-corrected chi connectivity index (χ2v) is 6.43. The Morgan fingerprint density at radius 1 is 1.19 bits per heavy atom. The van der Waals surface area contributed by atoms with E-state index < -0.39 is 0 Å². The van der Waals surface area contributed by atoms with Crippen LogP contribution in [0.5, 0.6) is 17.2 Å². The first-order chi connectivity index (χ1) is 12.4. The quantitative estimate of drug-likeness (QED) is 0.530. The van der Waals surface area contributed by atoms with Crippen molar-refractivity contribution < 1.29 is 19.4 Å². The molecule has 0 saturated heterocycles. The summed E-state index contributed by atoms with van der Waals surface area (Å²) < 4.78 is 10.7. The molecule has 1 amide bonds. The van der Waals surface area contributed by atoms with Crippen molar-refractivity contribution in [2.45, 2.75) is 13.8 Å². The fraction of sp³-hybridized carbons (Fsp3) is 0.263. The highest BCUT2D eigenvalue weighted by Gasteiger charge is 2.11. The maximum atomic E-state index is 12.4. The molecule has 2 rings (SSSR count). The molecule has 0 aliphatic carbocycles. The van der Waals surface area contributed by atoms with Gasteiger partial charge in [0, 0.05) is 11.6 Å². The first-order valence-electron chi connectivity index (χ1n) is 8.11. The molecule has 0 heterocycles. The van der Waals surface area contributed by atoms with E-state index in [1.54, 1.807) is 36.4 Å². The molecule has 7 heteroatoms. The zero-order valence-corrected chi connectivity index (χ0v) is 15.7. The third-order valence-corrected chi connectivity index (χ3v) is 3.56. The van der Waals surface area contributed by atoms with Gasteiger partial charge in [-0.1, -0.05) is 19.9 Å². The summed E-state index contributed by atoms with van der Waals surface area (Å²) in [6, 6.07) is 11.5. The van der Waals surface area contributed by atoms with Gasteiger partial charge in [0.15, 0.2) is 5.11 Å². The van der Waals surface area contributed by atoms with E-state index >= 15 is 0 Å². The maximum absolute atomic E-state index is 12.4. The molecule has 6 nitrogen and oxygen atoms in total. The SMILES string of the molecule is COc1ccc(O)c(NC(=S)NC(=O)c2cccc(OCC(C)C)c2)c1. The van der Waals surface area contributed by atoms with Gasteiger partial charge < -0.3 is 19.9 Å². The lowest BCUT2D eigenvalue weighted by atomic mass is 10.2. The summed E-state index contributed by atoms with van der Waals surface area (Å²) >= 11 is 5.14. The molecule has 3 N–H and O–H groups in total. The van der Waals surface area contributed by atoms with Crippen LogP contribution in [0.3, 0.4) is 0 Å². The number of nitrogens with one attached hydrogen (secondary N) is 2. The average Bonchev–Trinajstić information content (AvgIpc) is 2.62. The van der Waals surface area contributed by atoms with Crippen LogP contribution in [0.25, 0.3) is 0 Å². The van der Waals surface area contributed by atoms with Gasteiger partial charge in [0.1, 0.15) is 17.2 Å². The number of amides is 1. The molecule has 0 radical (unpaired) electrons. The van der Waals surface area contributed by atoms with Gasteiger partial charge in [-0.15, -0.1) is 0 Å². The van der Waals surface area contributed by atoms with E-state index in [-0.39, 0.29) is 16.8 Å². The van der Waals surface area contributed by atoms with Crippen LogP contribution in [0.1, 0.15) is 24.2 Å². The Labute approximate surface area is 158 Å². The predicted molar refractivity (Wildman–Crippen MR) is 105 cm³/mol. The van der Waals surface area contributed by atoms with E-state index in [0.29, 0.717) is 35.3 Å². The Morgan fingerprint density at radius 2 is 1.96 bits per heavy atom. The van der Waals surface area contributed by atoms with Crippen molar-refractivity contribution in [3.63, 3.8) is 0 Å². The Balaban J connectivity index is 2.01. The van der Waals surface area contributed by atoms with Crippen LogP contribution in [0.2, 0.25) is 0 Å². The molecule has 0 fully saturated rings. The minimum atomic E-state index is -0.375. The predicted octanol–water partition coefficient (Wildman–Crippen LogP) is 3.56. The van der Waals surface area contributed by atoms with Crippen LogP contribution < -0.4 is 20.1 Å². The van der Waals surface area contributed by atoms with E-state index in [9.17, 15) is 9.90 Å². The molecular formula is C19H22N2O4S. The number of phenolic OH excluding ortho intramolecular Hbond substituents is 1. The molecule has 0 spiro atoms. The second kappa shape index (κ2) is 9.05. The molecule has 2 aromatic rings. The monoisotopic (exact) mass is 374 g/mol. The van der Waals surface area contributed by atoms with Gasteiger partial charge in [-0.3, -0.25) is 10.1 Å². The van der Waals surface area contributed by atoms with E-state index in [2.05, 4.69) is 24.5 Å². The molecule has 2 aromatic carbocycles. The van der Waals surface area contributed by atoms with Crippen molar-refractivity contribution in [2.75, 3.05) is 19.0 Å². The largest absolute Gasteiger partial charge is 0.506 e. The first kappa shape index (κ1) is 19.5. The molecule has 0 unspecified atom stereocenters. The molecule has 26 heavy (non-hydrogen) atoms. The van der Waals surface area contributed by atoms with E-state index in [1.807, 2.05) is 0 Å². The minimum absolute atomic E-state index is 0.00789. The van der Waals surface area contributed by atoms with Gasteiger partial charge in [-0.25, -0.2) is 0 Å². The number of phenols is 1. The van der Waals surface area contributed by atoms with Crippen LogP contribution in [-0.4, -0.2) is 29.8 Å². The van der Waals surface area contributed by atoms with Gasteiger partial charge in [-0.05, 0) is 48.5 Å². The third kappa shape index (κ3) is 5.63. The number of aromatic hydroxyl groups is 1. The Hall–Kier alpha value is -2.80. The fourth-order valence-corrected chi connectivity index (χ4v) is 2.26. The maximum Gasteiger partial charge on any atom is 0.257 e. The van der Waals surface area contributed by atoms with E-state index in [0.717, 1.165) is 0 Å². The standard InChI is InChI=1S/C19H22N2O4S/c1-12(2)11-25-15-6-4-5-13(9-15)18(23)21-19(26)20-16-10-14(24-3)7-8-17(16)22/h4-10,12,22H,11H2,1-3H3,(H2,20,21,23,26). The van der Waals surface area contributed by atoms with Crippen LogP contribution >= 0.6 is 12.2 Å². The van der Waals surface area contributed by atoms with Crippen molar-refractivity contribution >= 4 is 28.9 Å². The van der Waals surface area contributed by atoms with Crippen LogP contribution in [0, 0.1) is 5.92 Å². The zero-order chi connectivity index (χ0) is 19.1. The topological polar surface area (TPSA) is 79.8 Å². The molecule has 138 valence electrons. The second-order valence-electron chi connectivity index (χ2n) is 6.02. The number of anilines is 1. The van der Waals surface area contributed by atoms with Crippen molar-refractivity contribution in [1.82, 2.24) is 5.32 Å². The highest BCUT2D eigenvalue weighted by Crippen LogP contribution is 2.27. The number of carbonyl (C=O) groups is 1. The highest BCUT2D eigenvalue weighted by atomic mass is 32.1. The van der Waals surface area contributed by atoms with Gasteiger partial charge in [0.05, 0.1) is 19.4 Å². The molecule has 0 aliphatic heterocycles. The molecule has 0 atom stereocenters. The summed E-state index contributed by atoms with van der Waals surface area (Å²) in [5, 5.41) is 15.3. The number of hydrogen-bond acceptors (Lipinski definition) is 5. The summed E-state index contributed by atoms with van der Waals surface area (Å²) in [6.45, 7) is 4.67. The Kier molecular flexibility index (Phi) is 6.80. The van der Waals surface area contributed by atoms with Gasteiger partial charge in [-0.2, -0.15) is 0 Å². The number of methoxy groups -OCH3 is 1. The average molecular weight is 374 g/mol. The number of hydrogen-bond donors (Lipinski definition) is 3. The number of ether oxygens (including phenoxy) is 2. The number of thiocarbonyl (C=S) groups is 1.